The number of rotatable bonds is 8. The molecule has 0 spiro atoms. The molecule has 0 bridgehead atoms. The molecule has 2 heterocycles. The lowest BCUT2D eigenvalue weighted by Crippen LogP contribution is -2.22. The van der Waals surface area contributed by atoms with E-state index in [0.29, 0.717) is 17.3 Å². The van der Waals surface area contributed by atoms with Crippen LogP contribution in [0.1, 0.15) is 5.56 Å². The van der Waals surface area contributed by atoms with Gasteiger partial charge < -0.3 is 9.94 Å². The summed E-state index contributed by atoms with van der Waals surface area (Å²) in [4.78, 5) is 15.2. The smallest absolute Gasteiger partial charge is 0.333 e. The van der Waals surface area contributed by atoms with E-state index in [2.05, 4.69) is 34.9 Å². The van der Waals surface area contributed by atoms with E-state index in [9.17, 15) is 10.1 Å². The highest BCUT2D eigenvalue weighted by molar-refractivity contribution is 7.19. The van der Waals surface area contributed by atoms with Gasteiger partial charge in [-0.1, -0.05) is 36.1 Å². The molecule has 0 aliphatic rings. The van der Waals surface area contributed by atoms with Crippen LogP contribution < -0.4 is 0 Å². The van der Waals surface area contributed by atoms with Crippen molar-refractivity contribution in [3.05, 3.63) is 28.1 Å². The summed E-state index contributed by atoms with van der Waals surface area (Å²) in [5, 5.41) is 26.6. The second-order valence-electron chi connectivity index (χ2n) is 6.33. The van der Waals surface area contributed by atoms with Gasteiger partial charge in [-0.25, -0.2) is 9.67 Å². The van der Waals surface area contributed by atoms with Gasteiger partial charge in [-0.2, -0.15) is 0 Å². The average Bonchev–Trinajstić information content (AvgIpc) is 3.09. The fraction of sp³-hybridized carbons (Fsp3) is 0.462. The van der Waals surface area contributed by atoms with Gasteiger partial charge in [-0.15, -0.1) is 5.10 Å². The van der Waals surface area contributed by atoms with Gasteiger partial charge in [-0.05, 0) is 12.1 Å². The van der Waals surface area contributed by atoms with Crippen LogP contribution in [0.25, 0.3) is 10.7 Å². The third kappa shape index (κ3) is 4.94. The average molecular weight is 369 g/mol. The van der Waals surface area contributed by atoms with Crippen LogP contribution in [0.2, 0.25) is 25.7 Å². The number of thiophene rings is 1. The lowest BCUT2D eigenvalue weighted by molar-refractivity contribution is -0.380. The summed E-state index contributed by atoms with van der Waals surface area (Å²) >= 11 is 0.931. The van der Waals surface area contributed by atoms with Gasteiger partial charge >= 0.3 is 5.00 Å². The molecule has 0 atom stereocenters. The summed E-state index contributed by atoms with van der Waals surface area (Å²) in [6.07, 6.45) is 2.55. The number of aromatic nitrogens is 3. The molecule has 0 radical (unpaired) electrons. The number of nitrogens with zero attached hydrogens (tertiary/aromatic N) is 5. The molecule has 130 valence electrons. The van der Waals surface area contributed by atoms with Crippen LogP contribution in [0.3, 0.4) is 0 Å². The molecule has 0 aliphatic heterocycles. The Bertz CT molecular complexity index is 737. The molecule has 2 rings (SSSR count). The zero-order valence-corrected chi connectivity index (χ0v) is 15.5. The summed E-state index contributed by atoms with van der Waals surface area (Å²) in [5.74, 6) is 0.370. The first-order chi connectivity index (χ1) is 11.3. The van der Waals surface area contributed by atoms with Crippen LogP contribution in [0.4, 0.5) is 5.00 Å². The monoisotopic (exact) mass is 369 g/mol. The molecule has 0 saturated heterocycles. The topological polar surface area (TPSA) is 116 Å². The van der Waals surface area contributed by atoms with Crippen LogP contribution in [-0.4, -0.2) is 45.8 Å². The van der Waals surface area contributed by atoms with E-state index >= 15 is 0 Å². The normalized spacial score (nSPS) is 12.1. The predicted octanol–water partition coefficient (Wildman–Crippen LogP) is 3.04. The van der Waals surface area contributed by atoms with E-state index in [0.717, 1.165) is 23.6 Å². The molecular weight excluding hydrogens is 350 g/mol. The number of oxime groups is 1. The highest BCUT2D eigenvalue weighted by Gasteiger charge is 2.21. The minimum absolute atomic E-state index is 0.120. The first-order valence-corrected chi connectivity index (χ1v) is 11.8. The molecule has 0 aromatic carbocycles. The van der Waals surface area contributed by atoms with Crippen LogP contribution in [0, 0.1) is 10.1 Å². The molecule has 0 saturated carbocycles. The highest BCUT2D eigenvalue weighted by Crippen LogP contribution is 2.34. The predicted molar refractivity (Wildman–Crippen MR) is 93.5 cm³/mol. The first kappa shape index (κ1) is 18.2. The Kier molecular flexibility index (Phi) is 5.80. The quantitative estimate of drug-likeness (QED) is 0.191. The second kappa shape index (κ2) is 7.64. The van der Waals surface area contributed by atoms with E-state index < -0.39 is 13.0 Å². The molecule has 11 heteroatoms. The summed E-state index contributed by atoms with van der Waals surface area (Å²) < 4.78 is 7.13. The lowest BCUT2D eigenvalue weighted by atomic mass is 10.3. The fourth-order valence-corrected chi connectivity index (χ4v) is 3.45. The van der Waals surface area contributed by atoms with Crippen molar-refractivity contribution >= 4 is 30.6 Å². The number of hydrogen-bond donors (Lipinski definition) is 1. The minimum atomic E-state index is -1.13. The van der Waals surface area contributed by atoms with Crippen LogP contribution >= 0.6 is 11.3 Å². The van der Waals surface area contributed by atoms with E-state index in [-0.39, 0.29) is 17.3 Å². The summed E-state index contributed by atoms with van der Waals surface area (Å²) in [6.45, 7) is 7.80. The number of nitro groups is 1. The molecular formula is C13H19N5O4SSi. The molecule has 1 N–H and O–H groups in total. The maximum absolute atomic E-state index is 11.0. The van der Waals surface area contributed by atoms with Crippen LogP contribution in [0.15, 0.2) is 17.5 Å². The molecule has 0 amide bonds. The third-order valence-corrected chi connectivity index (χ3v) is 5.88. The van der Waals surface area contributed by atoms with Gasteiger partial charge in [-0.3, -0.25) is 10.1 Å². The molecule has 0 fully saturated rings. The van der Waals surface area contributed by atoms with E-state index in [1.54, 1.807) is 4.68 Å². The second-order valence-corrected chi connectivity index (χ2v) is 13.0. The Hall–Kier alpha value is -2.11. The third-order valence-electron chi connectivity index (χ3n) is 3.08. The van der Waals surface area contributed by atoms with Crippen molar-refractivity contribution in [1.82, 2.24) is 14.8 Å². The van der Waals surface area contributed by atoms with Crippen molar-refractivity contribution in [3.8, 4) is 10.7 Å². The highest BCUT2D eigenvalue weighted by atomic mass is 32.1. The first-order valence-electron chi connectivity index (χ1n) is 7.23. The largest absolute Gasteiger partial charge is 0.411 e. The zero-order valence-electron chi connectivity index (χ0n) is 13.7. The lowest BCUT2D eigenvalue weighted by Gasteiger charge is -2.15. The van der Waals surface area contributed by atoms with Crippen molar-refractivity contribution in [1.29, 1.82) is 0 Å². The summed E-state index contributed by atoms with van der Waals surface area (Å²) in [5.41, 5.74) is 0.213. The molecule has 2 aromatic heterocycles. The molecule has 9 nitrogen and oxygen atoms in total. The maximum atomic E-state index is 11.0. The van der Waals surface area contributed by atoms with Crippen molar-refractivity contribution in [3.63, 3.8) is 0 Å². The number of hydrogen-bond acceptors (Lipinski definition) is 8. The van der Waals surface area contributed by atoms with E-state index in [1.165, 1.54) is 12.4 Å². The maximum Gasteiger partial charge on any atom is 0.333 e. The zero-order chi connectivity index (χ0) is 17.7. The van der Waals surface area contributed by atoms with Crippen LogP contribution in [-0.2, 0) is 11.5 Å². The number of ether oxygens (including phenoxy) is 1. The summed E-state index contributed by atoms with van der Waals surface area (Å²) in [6, 6.07) is 2.59. The molecule has 0 unspecified atom stereocenters. The summed E-state index contributed by atoms with van der Waals surface area (Å²) in [7, 11) is -1.13. The Balaban J connectivity index is 2.05. The van der Waals surface area contributed by atoms with Gasteiger partial charge in [0.15, 0.2) is 5.82 Å². The Morgan fingerprint density at radius 2 is 2.29 bits per heavy atom. The fourth-order valence-electron chi connectivity index (χ4n) is 1.81. The SMILES string of the molecule is C[Si](C)(C)CCOCn1cnc(-c2cc(C=NO)c([N+](=O)[O-])s2)n1. The Morgan fingerprint density at radius 3 is 2.92 bits per heavy atom. The van der Waals surface area contributed by atoms with Crippen LogP contribution in [0.5, 0.6) is 0 Å². The molecule has 24 heavy (non-hydrogen) atoms. The van der Waals surface area contributed by atoms with Crippen molar-refractivity contribution in [2.24, 2.45) is 5.16 Å². The molecule has 2 aromatic rings. The van der Waals surface area contributed by atoms with Gasteiger partial charge in [0.25, 0.3) is 0 Å². The molecule has 0 aliphatic carbocycles. The van der Waals surface area contributed by atoms with Crippen molar-refractivity contribution in [2.45, 2.75) is 32.4 Å². The van der Waals surface area contributed by atoms with E-state index in [1.807, 2.05) is 0 Å². The van der Waals surface area contributed by atoms with Gasteiger partial charge in [0.05, 0.1) is 21.6 Å². The standard InChI is InChI=1S/C13H19N5O4SSi/c1-24(2,3)5-4-22-9-17-8-14-12(16-17)11-6-10(7-15-19)13(23-11)18(20)21/h6-8,19H,4-5,9H2,1-3H3. The van der Waals surface area contributed by atoms with E-state index in [4.69, 9.17) is 9.94 Å². The van der Waals surface area contributed by atoms with Crippen molar-refractivity contribution in [2.75, 3.05) is 6.61 Å². The van der Waals surface area contributed by atoms with Crippen molar-refractivity contribution < 1.29 is 14.9 Å². The Morgan fingerprint density at radius 1 is 1.54 bits per heavy atom. The minimum Gasteiger partial charge on any atom is -0.411 e. The Labute approximate surface area is 143 Å². The van der Waals surface area contributed by atoms with Gasteiger partial charge in [0.1, 0.15) is 13.1 Å². The van der Waals surface area contributed by atoms with Gasteiger partial charge in [0, 0.05) is 14.7 Å². The van der Waals surface area contributed by atoms with Gasteiger partial charge in [0.2, 0.25) is 0 Å².